The van der Waals surface area contributed by atoms with Crippen LogP contribution < -0.4 is 0 Å². The lowest BCUT2D eigenvalue weighted by Gasteiger charge is -2.18. The summed E-state index contributed by atoms with van der Waals surface area (Å²) in [6.07, 6.45) is 1.24. The fourth-order valence-corrected chi connectivity index (χ4v) is 1.99. The second-order valence-electron chi connectivity index (χ2n) is 3.87. The molecular formula is C12H16Cl2O. The van der Waals surface area contributed by atoms with Gasteiger partial charge in [-0.25, -0.2) is 0 Å². The minimum Gasteiger partial charge on any atom is -0.393 e. The number of halogens is 2. The number of aliphatic hydroxyl groups excluding tert-OH is 1. The Bertz CT molecular complexity index is 325. The molecule has 0 saturated heterocycles. The minimum atomic E-state index is -0.278. The Kier molecular flexibility index (Phi) is 4.91. The number of hydrogen-bond donors (Lipinski definition) is 1. The molecule has 0 heterocycles. The first-order valence-electron chi connectivity index (χ1n) is 5.17. The minimum absolute atomic E-state index is 0.200. The Morgan fingerprint density at radius 2 is 2.00 bits per heavy atom. The van der Waals surface area contributed by atoms with Gasteiger partial charge >= 0.3 is 0 Å². The highest BCUT2D eigenvalue weighted by Crippen LogP contribution is 2.28. The lowest BCUT2D eigenvalue weighted by atomic mass is 9.94. The van der Waals surface area contributed by atoms with E-state index < -0.39 is 0 Å². The summed E-state index contributed by atoms with van der Waals surface area (Å²) in [5.41, 5.74) is 1.00. The summed E-state index contributed by atoms with van der Waals surface area (Å²) in [6, 6.07) is 5.61. The molecule has 3 heteroatoms. The molecule has 1 rings (SSSR count). The summed E-state index contributed by atoms with van der Waals surface area (Å²) in [5.74, 6) is 0.200. The van der Waals surface area contributed by atoms with Crippen molar-refractivity contribution >= 4 is 23.2 Å². The first-order valence-corrected chi connectivity index (χ1v) is 5.92. The van der Waals surface area contributed by atoms with Gasteiger partial charge in [0.25, 0.3) is 0 Å². The van der Waals surface area contributed by atoms with E-state index in [0.29, 0.717) is 10.0 Å². The van der Waals surface area contributed by atoms with E-state index in [1.807, 2.05) is 26.0 Å². The quantitative estimate of drug-likeness (QED) is 0.854. The zero-order chi connectivity index (χ0) is 11.4. The third-order valence-corrected chi connectivity index (χ3v) is 3.51. The van der Waals surface area contributed by atoms with Gasteiger partial charge in [0, 0.05) is 0 Å². The van der Waals surface area contributed by atoms with Crippen LogP contribution in [0.15, 0.2) is 18.2 Å². The first-order chi connectivity index (χ1) is 7.06. The standard InChI is InChI=1S/C12H16Cl2O/c1-3-11(15)8(2)7-9-5-4-6-10(13)12(9)14/h4-6,8,11,15H,3,7H2,1-2H3. The second kappa shape index (κ2) is 5.74. The normalized spacial score (nSPS) is 15.0. The van der Waals surface area contributed by atoms with Crippen molar-refractivity contribution in [3.63, 3.8) is 0 Å². The summed E-state index contributed by atoms with van der Waals surface area (Å²) < 4.78 is 0. The van der Waals surface area contributed by atoms with Crippen LogP contribution in [0.5, 0.6) is 0 Å². The summed E-state index contributed by atoms with van der Waals surface area (Å²) in [7, 11) is 0. The van der Waals surface area contributed by atoms with E-state index in [1.54, 1.807) is 6.07 Å². The molecular weight excluding hydrogens is 231 g/mol. The largest absolute Gasteiger partial charge is 0.393 e. The number of benzene rings is 1. The third-order valence-electron chi connectivity index (χ3n) is 2.65. The molecule has 2 unspecified atom stereocenters. The Labute approximate surface area is 101 Å². The fourth-order valence-electron chi connectivity index (χ4n) is 1.59. The lowest BCUT2D eigenvalue weighted by Crippen LogP contribution is -2.18. The average Bonchev–Trinajstić information content (AvgIpc) is 2.23. The Morgan fingerprint density at radius 1 is 1.33 bits per heavy atom. The van der Waals surface area contributed by atoms with E-state index in [-0.39, 0.29) is 12.0 Å². The predicted octanol–water partition coefficient (Wildman–Crippen LogP) is 3.94. The van der Waals surface area contributed by atoms with Gasteiger partial charge in [-0.15, -0.1) is 0 Å². The first kappa shape index (κ1) is 12.8. The van der Waals surface area contributed by atoms with Crippen molar-refractivity contribution in [1.82, 2.24) is 0 Å². The van der Waals surface area contributed by atoms with E-state index in [0.717, 1.165) is 18.4 Å². The van der Waals surface area contributed by atoms with Crippen molar-refractivity contribution in [1.29, 1.82) is 0 Å². The molecule has 0 aliphatic rings. The van der Waals surface area contributed by atoms with Crippen LogP contribution in [0.1, 0.15) is 25.8 Å². The Balaban J connectivity index is 2.76. The number of aliphatic hydroxyl groups is 1. The Hall–Kier alpha value is -0.240. The number of rotatable bonds is 4. The van der Waals surface area contributed by atoms with Crippen LogP contribution in [0.2, 0.25) is 10.0 Å². The zero-order valence-electron chi connectivity index (χ0n) is 9.00. The van der Waals surface area contributed by atoms with Gasteiger partial charge in [0.05, 0.1) is 16.1 Å². The fraction of sp³-hybridized carbons (Fsp3) is 0.500. The summed E-state index contributed by atoms with van der Waals surface area (Å²) in [4.78, 5) is 0. The van der Waals surface area contributed by atoms with E-state index >= 15 is 0 Å². The van der Waals surface area contributed by atoms with Crippen LogP contribution >= 0.6 is 23.2 Å². The van der Waals surface area contributed by atoms with Crippen LogP contribution in [0.3, 0.4) is 0 Å². The molecule has 0 spiro atoms. The van der Waals surface area contributed by atoms with Gasteiger partial charge in [0.2, 0.25) is 0 Å². The lowest BCUT2D eigenvalue weighted by molar-refractivity contribution is 0.113. The van der Waals surface area contributed by atoms with Crippen LogP contribution in [-0.2, 0) is 6.42 Å². The predicted molar refractivity (Wildman–Crippen MR) is 65.6 cm³/mol. The molecule has 1 N–H and O–H groups in total. The summed E-state index contributed by atoms with van der Waals surface area (Å²) in [6.45, 7) is 3.99. The topological polar surface area (TPSA) is 20.2 Å². The molecule has 2 atom stereocenters. The van der Waals surface area contributed by atoms with Crippen molar-refractivity contribution in [2.24, 2.45) is 5.92 Å². The zero-order valence-corrected chi connectivity index (χ0v) is 10.5. The van der Waals surface area contributed by atoms with Crippen molar-refractivity contribution in [2.75, 3.05) is 0 Å². The van der Waals surface area contributed by atoms with Gasteiger partial charge in [-0.2, -0.15) is 0 Å². The van der Waals surface area contributed by atoms with Crippen LogP contribution in [-0.4, -0.2) is 11.2 Å². The maximum Gasteiger partial charge on any atom is 0.0624 e. The number of hydrogen-bond acceptors (Lipinski definition) is 1. The maximum absolute atomic E-state index is 9.67. The molecule has 0 fully saturated rings. The molecule has 0 amide bonds. The van der Waals surface area contributed by atoms with Gasteiger partial charge in [0.15, 0.2) is 0 Å². The molecule has 0 bridgehead atoms. The molecule has 1 aromatic carbocycles. The van der Waals surface area contributed by atoms with Crippen LogP contribution in [0, 0.1) is 5.92 Å². The van der Waals surface area contributed by atoms with Gasteiger partial charge < -0.3 is 5.11 Å². The second-order valence-corrected chi connectivity index (χ2v) is 4.66. The van der Waals surface area contributed by atoms with Crippen molar-refractivity contribution < 1.29 is 5.11 Å². The molecule has 15 heavy (non-hydrogen) atoms. The molecule has 0 aliphatic carbocycles. The summed E-state index contributed by atoms with van der Waals surface area (Å²) in [5, 5.41) is 10.9. The SMILES string of the molecule is CCC(O)C(C)Cc1cccc(Cl)c1Cl. The maximum atomic E-state index is 9.67. The highest BCUT2D eigenvalue weighted by molar-refractivity contribution is 6.42. The molecule has 84 valence electrons. The Morgan fingerprint density at radius 3 is 2.60 bits per heavy atom. The van der Waals surface area contributed by atoms with Crippen LogP contribution in [0.4, 0.5) is 0 Å². The van der Waals surface area contributed by atoms with Crippen molar-refractivity contribution in [3.8, 4) is 0 Å². The molecule has 0 radical (unpaired) electrons. The molecule has 0 aromatic heterocycles. The smallest absolute Gasteiger partial charge is 0.0624 e. The average molecular weight is 247 g/mol. The van der Waals surface area contributed by atoms with Crippen molar-refractivity contribution in [2.45, 2.75) is 32.8 Å². The van der Waals surface area contributed by atoms with E-state index in [9.17, 15) is 5.11 Å². The van der Waals surface area contributed by atoms with Gasteiger partial charge in [0.1, 0.15) is 0 Å². The monoisotopic (exact) mass is 246 g/mol. The van der Waals surface area contributed by atoms with Crippen molar-refractivity contribution in [3.05, 3.63) is 33.8 Å². The van der Waals surface area contributed by atoms with E-state index in [1.165, 1.54) is 0 Å². The molecule has 0 aliphatic heterocycles. The summed E-state index contributed by atoms with van der Waals surface area (Å²) >= 11 is 12.0. The highest BCUT2D eigenvalue weighted by Gasteiger charge is 2.14. The van der Waals surface area contributed by atoms with E-state index in [4.69, 9.17) is 23.2 Å². The molecule has 1 aromatic rings. The third kappa shape index (κ3) is 3.37. The van der Waals surface area contributed by atoms with Gasteiger partial charge in [-0.1, -0.05) is 49.2 Å². The van der Waals surface area contributed by atoms with Gasteiger partial charge in [-0.3, -0.25) is 0 Å². The van der Waals surface area contributed by atoms with Gasteiger partial charge in [-0.05, 0) is 30.4 Å². The molecule has 1 nitrogen and oxygen atoms in total. The molecule has 0 saturated carbocycles. The van der Waals surface area contributed by atoms with Crippen LogP contribution in [0.25, 0.3) is 0 Å². The highest BCUT2D eigenvalue weighted by atomic mass is 35.5. The van der Waals surface area contributed by atoms with E-state index in [2.05, 4.69) is 0 Å².